The lowest BCUT2D eigenvalue weighted by atomic mass is 9.76. The molecule has 0 aromatic heterocycles. The summed E-state index contributed by atoms with van der Waals surface area (Å²) in [5.74, 6) is 1.29. The third kappa shape index (κ3) is 2.55. The Balaban J connectivity index is 1.86. The second-order valence-electron chi connectivity index (χ2n) is 5.17. The number of carbonyl (C=O) groups is 1. The van der Waals surface area contributed by atoms with Crippen molar-refractivity contribution in [2.24, 2.45) is 11.8 Å². The van der Waals surface area contributed by atoms with Gasteiger partial charge in [-0.1, -0.05) is 6.42 Å². The number of likely N-dealkylation sites (N-methyl/N-ethyl adjacent to an activating group) is 1. The third-order valence-electron chi connectivity index (χ3n) is 3.79. The number of amides is 1. The zero-order chi connectivity index (χ0) is 11.5. The van der Waals surface area contributed by atoms with Crippen molar-refractivity contribution in [3.8, 4) is 0 Å². The fraction of sp³-hybridized carbons (Fsp3) is 0.917. The first-order valence-electron chi connectivity index (χ1n) is 6.21. The smallest absolute Gasteiger partial charge is 0.248 e. The molecule has 0 unspecified atom stereocenters. The molecule has 2 bridgehead atoms. The predicted molar refractivity (Wildman–Crippen MR) is 62.1 cm³/mol. The van der Waals surface area contributed by atoms with Gasteiger partial charge < -0.3 is 15.0 Å². The highest BCUT2D eigenvalue weighted by Gasteiger charge is 2.37. The second kappa shape index (κ2) is 5.15. The number of rotatable bonds is 3. The standard InChI is InChI=1S/C12H22N2O2/c1-14(2)11(15)8-16-12-9-4-3-5-10(12)7-13-6-9/h9-10,12-13H,3-8H2,1-2H3/t9-,10-/m0/s1. The Morgan fingerprint density at radius 3 is 2.50 bits per heavy atom. The van der Waals surface area contributed by atoms with Gasteiger partial charge in [0, 0.05) is 27.2 Å². The number of nitrogens with one attached hydrogen (secondary N) is 1. The van der Waals surface area contributed by atoms with E-state index >= 15 is 0 Å². The van der Waals surface area contributed by atoms with Crippen LogP contribution in [0.25, 0.3) is 0 Å². The Kier molecular flexibility index (Phi) is 3.82. The average Bonchev–Trinajstić information content (AvgIpc) is 2.24. The molecule has 1 heterocycles. The van der Waals surface area contributed by atoms with Gasteiger partial charge in [0.1, 0.15) is 6.61 Å². The van der Waals surface area contributed by atoms with E-state index in [0.29, 0.717) is 17.9 Å². The van der Waals surface area contributed by atoms with Crippen LogP contribution in [-0.4, -0.2) is 50.7 Å². The van der Waals surface area contributed by atoms with Gasteiger partial charge in [0.25, 0.3) is 0 Å². The number of hydrogen-bond acceptors (Lipinski definition) is 3. The molecule has 2 atom stereocenters. The minimum absolute atomic E-state index is 0.0663. The molecule has 1 N–H and O–H groups in total. The van der Waals surface area contributed by atoms with Crippen molar-refractivity contribution in [3.05, 3.63) is 0 Å². The number of fused-ring (bicyclic) bond motifs is 2. The Bertz CT molecular complexity index is 233. The minimum atomic E-state index is 0.0663. The van der Waals surface area contributed by atoms with Crippen molar-refractivity contribution >= 4 is 5.91 Å². The van der Waals surface area contributed by atoms with E-state index in [4.69, 9.17) is 4.74 Å². The fourth-order valence-corrected chi connectivity index (χ4v) is 2.81. The molecule has 16 heavy (non-hydrogen) atoms. The maximum Gasteiger partial charge on any atom is 0.248 e. The van der Waals surface area contributed by atoms with Crippen molar-refractivity contribution in [1.82, 2.24) is 10.2 Å². The third-order valence-corrected chi connectivity index (χ3v) is 3.79. The zero-order valence-electron chi connectivity index (χ0n) is 10.2. The highest BCUT2D eigenvalue weighted by atomic mass is 16.5. The molecule has 4 heteroatoms. The Labute approximate surface area is 97.3 Å². The molecular formula is C12H22N2O2. The van der Waals surface area contributed by atoms with Crippen LogP contribution in [-0.2, 0) is 9.53 Å². The molecule has 2 rings (SSSR count). The van der Waals surface area contributed by atoms with Crippen molar-refractivity contribution in [3.63, 3.8) is 0 Å². The molecule has 0 radical (unpaired) electrons. The number of hydrogen-bond donors (Lipinski definition) is 1. The normalized spacial score (nSPS) is 33.5. The van der Waals surface area contributed by atoms with Crippen molar-refractivity contribution < 1.29 is 9.53 Å². The van der Waals surface area contributed by atoms with Crippen LogP contribution in [0, 0.1) is 11.8 Å². The highest BCUT2D eigenvalue weighted by molar-refractivity contribution is 5.76. The van der Waals surface area contributed by atoms with Crippen LogP contribution in [0.4, 0.5) is 0 Å². The van der Waals surface area contributed by atoms with Crippen LogP contribution in [0.2, 0.25) is 0 Å². The van der Waals surface area contributed by atoms with Gasteiger partial charge in [-0.2, -0.15) is 0 Å². The SMILES string of the molecule is CN(C)C(=O)COC1[C@H]2CCC[C@H]1CNC2. The average molecular weight is 226 g/mol. The lowest BCUT2D eigenvalue weighted by Crippen LogP contribution is -2.51. The first-order chi connectivity index (χ1) is 7.68. The van der Waals surface area contributed by atoms with Crippen LogP contribution < -0.4 is 5.32 Å². The largest absolute Gasteiger partial charge is 0.368 e. The molecule has 0 spiro atoms. The fourth-order valence-electron chi connectivity index (χ4n) is 2.81. The summed E-state index contributed by atoms with van der Waals surface area (Å²) < 4.78 is 5.84. The summed E-state index contributed by atoms with van der Waals surface area (Å²) in [4.78, 5) is 13.1. The van der Waals surface area contributed by atoms with Gasteiger partial charge >= 0.3 is 0 Å². The first-order valence-corrected chi connectivity index (χ1v) is 6.21. The Morgan fingerprint density at radius 2 is 1.94 bits per heavy atom. The molecule has 1 saturated carbocycles. The number of carbonyl (C=O) groups excluding carboxylic acids is 1. The molecule has 0 aromatic carbocycles. The minimum Gasteiger partial charge on any atom is -0.368 e. The molecule has 92 valence electrons. The van der Waals surface area contributed by atoms with Gasteiger partial charge in [-0.15, -0.1) is 0 Å². The monoisotopic (exact) mass is 226 g/mol. The lowest BCUT2D eigenvalue weighted by Gasteiger charge is -2.42. The molecule has 1 saturated heterocycles. The van der Waals surface area contributed by atoms with Crippen molar-refractivity contribution in [2.45, 2.75) is 25.4 Å². The van der Waals surface area contributed by atoms with Gasteiger partial charge in [0.15, 0.2) is 0 Å². The van der Waals surface area contributed by atoms with Gasteiger partial charge in [0.05, 0.1) is 6.10 Å². The first kappa shape index (κ1) is 11.9. The predicted octanol–water partition coefficient (Wildman–Crippen LogP) is 0.479. The summed E-state index contributed by atoms with van der Waals surface area (Å²) in [5.41, 5.74) is 0. The van der Waals surface area contributed by atoms with Crippen LogP contribution in [0.15, 0.2) is 0 Å². The molecule has 1 aliphatic heterocycles. The van der Waals surface area contributed by atoms with Crippen molar-refractivity contribution in [2.75, 3.05) is 33.8 Å². The van der Waals surface area contributed by atoms with E-state index in [2.05, 4.69) is 5.32 Å². The number of ether oxygens (including phenoxy) is 1. The van der Waals surface area contributed by atoms with E-state index < -0.39 is 0 Å². The number of piperidine rings is 1. The maximum absolute atomic E-state index is 11.5. The number of nitrogens with zero attached hydrogens (tertiary/aromatic N) is 1. The Hall–Kier alpha value is -0.610. The topological polar surface area (TPSA) is 41.6 Å². The van der Waals surface area contributed by atoms with E-state index in [1.807, 2.05) is 0 Å². The summed E-state index contributed by atoms with van der Waals surface area (Å²) in [6.45, 7) is 2.35. The van der Waals surface area contributed by atoms with Gasteiger partial charge in [0.2, 0.25) is 5.91 Å². The van der Waals surface area contributed by atoms with Crippen molar-refractivity contribution in [1.29, 1.82) is 0 Å². The molecular weight excluding hydrogens is 204 g/mol. The summed E-state index contributed by atoms with van der Waals surface area (Å²) in [7, 11) is 3.55. The van der Waals surface area contributed by atoms with E-state index in [1.165, 1.54) is 19.3 Å². The van der Waals surface area contributed by atoms with Crippen LogP contribution >= 0.6 is 0 Å². The van der Waals surface area contributed by atoms with Gasteiger partial charge in [-0.25, -0.2) is 0 Å². The summed E-state index contributed by atoms with van der Waals surface area (Å²) in [6, 6.07) is 0. The quantitative estimate of drug-likeness (QED) is 0.761. The van der Waals surface area contributed by atoms with Crippen LogP contribution in [0.3, 0.4) is 0 Å². The Morgan fingerprint density at radius 1 is 1.31 bits per heavy atom. The highest BCUT2D eigenvalue weighted by Crippen LogP contribution is 2.33. The summed E-state index contributed by atoms with van der Waals surface area (Å²) in [5, 5.41) is 3.45. The summed E-state index contributed by atoms with van der Waals surface area (Å²) in [6.07, 6.45) is 4.10. The van der Waals surface area contributed by atoms with Crippen LogP contribution in [0.1, 0.15) is 19.3 Å². The molecule has 0 aromatic rings. The lowest BCUT2D eigenvalue weighted by molar-refractivity contribution is -0.141. The van der Waals surface area contributed by atoms with E-state index in [-0.39, 0.29) is 12.5 Å². The molecule has 2 aliphatic rings. The molecule has 2 fully saturated rings. The van der Waals surface area contributed by atoms with Gasteiger partial charge in [-0.3, -0.25) is 4.79 Å². The zero-order valence-corrected chi connectivity index (χ0v) is 10.2. The molecule has 1 aliphatic carbocycles. The van der Waals surface area contributed by atoms with E-state index in [0.717, 1.165) is 13.1 Å². The molecule has 4 nitrogen and oxygen atoms in total. The van der Waals surface area contributed by atoms with E-state index in [1.54, 1.807) is 19.0 Å². The van der Waals surface area contributed by atoms with E-state index in [9.17, 15) is 4.79 Å². The summed E-state index contributed by atoms with van der Waals surface area (Å²) >= 11 is 0. The van der Waals surface area contributed by atoms with Crippen LogP contribution in [0.5, 0.6) is 0 Å². The molecule has 1 amide bonds. The second-order valence-corrected chi connectivity index (χ2v) is 5.17. The maximum atomic E-state index is 11.5. The van der Waals surface area contributed by atoms with Gasteiger partial charge in [-0.05, 0) is 24.7 Å².